The van der Waals surface area contributed by atoms with Gasteiger partial charge in [0.1, 0.15) is 0 Å². The number of rotatable bonds is 4. The van der Waals surface area contributed by atoms with Crippen molar-refractivity contribution in [1.29, 1.82) is 0 Å². The topological polar surface area (TPSA) is 59.6 Å². The van der Waals surface area contributed by atoms with Crippen LogP contribution in [0, 0.1) is 0 Å². The summed E-state index contributed by atoms with van der Waals surface area (Å²) in [7, 11) is 0. The van der Waals surface area contributed by atoms with Crippen LogP contribution in [0.15, 0.2) is 84.4 Å². The molecule has 30 heavy (non-hydrogen) atoms. The molecule has 0 bridgehead atoms. The van der Waals surface area contributed by atoms with Gasteiger partial charge < -0.3 is 20.1 Å². The van der Waals surface area contributed by atoms with E-state index in [0.29, 0.717) is 33.4 Å². The van der Waals surface area contributed by atoms with Crippen LogP contribution in [0.5, 0.6) is 11.5 Å². The van der Waals surface area contributed by atoms with Gasteiger partial charge in [-0.25, -0.2) is 0 Å². The van der Waals surface area contributed by atoms with Crippen LogP contribution in [0.1, 0.15) is 27.5 Å². The van der Waals surface area contributed by atoms with E-state index in [0.717, 1.165) is 11.1 Å². The van der Waals surface area contributed by atoms with Gasteiger partial charge in [0.05, 0.1) is 17.3 Å². The molecule has 1 atom stereocenters. The SMILES string of the molecule is O=C(C1=C(c2ccccc2)NC(=S)N[C@H]1c1ccc2c(c1)OCO2)c1ccccc1. The average Bonchev–Trinajstić information content (AvgIpc) is 3.27. The fourth-order valence-electron chi connectivity index (χ4n) is 3.73. The summed E-state index contributed by atoms with van der Waals surface area (Å²) in [5.74, 6) is 1.28. The van der Waals surface area contributed by atoms with E-state index in [9.17, 15) is 4.79 Å². The minimum atomic E-state index is -0.434. The van der Waals surface area contributed by atoms with Crippen molar-refractivity contribution in [2.75, 3.05) is 6.79 Å². The molecule has 0 aromatic heterocycles. The molecule has 0 saturated heterocycles. The first-order valence-electron chi connectivity index (χ1n) is 9.57. The van der Waals surface area contributed by atoms with Crippen molar-refractivity contribution in [2.24, 2.45) is 0 Å². The third-order valence-electron chi connectivity index (χ3n) is 5.15. The van der Waals surface area contributed by atoms with E-state index in [2.05, 4.69) is 10.6 Å². The highest BCUT2D eigenvalue weighted by Crippen LogP contribution is 2.38. The molecule has 2 N–H and O–H groups in total. The molecule has 2 heterocycles. The number of Topliss-reactive ketones (excluding diaryl/α,β-unsaturated/α-hetero) is 1. The van der Waals surface area contributed by atoms with Gasteiger partial charge in [-0.3, -0.25) is 4.79 Å². The summed E-state index contributed by atoms with van der Waals surface area (Å²) < 4.78 is 11.0. The molecular formula is C24H18N2O3S. The van der Waals surface area contributed by atoms with Crippen molar-refractivity contribution >= 4 is 28.8 Å². The molecule has 148 valence electrons. The quantitative estimate of drug-likeness (QED) is 0.492. The molecule has 0 amide bonds. The lowest BCUT2D eigenvalue weighted by Gasteiger charge is -2.32. The second-order valence-corrected chi connectivity index (χ2v) is 7.40. The lowest BCUT2D eigenvalue weighted by atomic mass is 9.87. The molecule has 0 aliphatic carbocycles. The summed E-state index contributed by atoms with van der Waals surface area (Å²) in [5, 5.41) is 6.94. The Kier molecular flexibility index (Phi) is 4.69. The van der Waals surface area contributed by atoms with E-state index in [1.54, 1.807) is 0 Å². The zero-order valence-electron chi connectivity index (χ0n) is 15.9. The fourth-order valence-corrected chi connectivity index (χ4v) is 3.95. The predicted molar refractivity (Wildman–Crippen MR) is 118 cm³/mol. The maximum absolute atomic E-state index is 13.7. The van der Waals surface area contributed by atoms with Gasteiger partial charge in [-0.2, -0.15) is 0 Å². The Bertz CT molecular complexity index is 1160. The van der Waals surface area contributed by atoms with E-state index in [4.69, 9.17) is 21.7 Å². The molecule has 2 aliphatic heterocycles. The second kappa shape index (κ2) is 7.65. The summed E-state index contributed by atoms with van der Waals surface area (Å²) >= 11 is 5.49. The minimum Gasteiger partial charge on any atom is -0.454 e. The Labute approximate surface area is 179 Å². The summed E-state index contributed by atoms with van der Waals surface area (Å²) in [4.78, 5) is 13.7. The van der Waals surface area contributed by atoms with Crippen LogP contribution in [0.2, 0.25) is 0 Å². The highest BCUT2D eigenvalue weighted by Gasteiger charge is 2.33. The van der Waals surface area contributed by atoms with Gasteiger partial charge in [0.25, 0.3) is 0 Å². The summed E-state index contributed by atoms with van der Waals surface area (Å²) in [6.45, 7) is 0.192. The molecule has 0 saturated carbocycles. The molecule has 0 unspecified atom stereocenters. The van der Waals surface area contributed by atoms with Crippen LogP contribution in [-0.2, 0) is 0 Å². The summed E-state index contributed by atoms with van der Waals surface area (Å²) in [6.07, 6.45) is 0. The molecule has 6 heteroatoms. The number of carbonyl (C=O) groups is 1. The first kappa shape index (κ1) is 18.4. The molecule has 5 nitrogen and oxygen atoms in total. The van der Waals surface area contributed by atoms with Crippen molar-refractivity contribution in [1.82, 2.24) is 10.6 Å². The largest absolute Gasteiger partial charge is 0.454 e. The lowest BCUT2D eigenvalue weighted by molar-refractivity contribution is 0.102. The van der Waals surface area contributed by atoms with Gasteiger partial charge in [-0.05, 0) is 35.5 Å². The van der Waals surface area contributed by atoms with Gasteiger partial charge >= 0.3 is 0 Å². The zero-order chi connectivity index (χ0) is 20.5. The highest BCUT2D eigenvalue weighted by molar-refractivity contribution is 7.80. The third kappa shape index (κ3) is 3.31. The maximum atomic E-state index is 13.7. The summed E-state index contributed by atoms with van der Waals surface area (Å²) in [6, 6.07) is 24.3. The van der Waals surface area contributed by atoms with E-state index >= 15 is 0 Å². The van der Waals surface area contributed by atoms with Crippen molar-refractivity contribution < 1.29 is 14.3 Å². The number of thiocarbonyl (C=S) groups is 1. The first-order valence-corrected chi connectivity index (χ1v) is 9.98. The van der Waals surface area contributed by atoms with Crippen LogP contribution in [-0.4, -0.2) is 17.7 Å². The number of ketones is 1. The van der Waals surface area contributed by atoms with Crippen LogP contribution in [0.4, 0.5) is 0 Å². The Morgan fingerprint density at radius 2 is 1.60 bits per heavy atom. The Morgan fingerprint density at radius 3 is 2.37 bits per heavy atom. The molecule has 5 rings (SSSR count). The number of hydrogen-bond acceptors (Lipinski definition) is 4. The van der Waals surface area contributed by atoms with E-state index in [-0.39, 0.29) is 12.6 Å². The van der Waals surface area contributed by atoms with Crippen LogP contribution < -0.4 is 20.1 Å². The smallest absolute Gasteiger partial charge is 0.231 e. The van der Waals surface area contributed by atoms with Gasteiger partial charge in [0.15, 0.2) is 22.4 Å². The third-order valence-corrected chi connectivity index (χ3v) is 5.36. The monoisotopic (exact) mass is 414 g/mol. The maximum Gasteiger partial charge on any atom is 0.231 e. The minimum absolute atomic E-state index is 0.0698. The van der Waals surface area contributed by atoms with E-state index in [1.165, 1.54) is 0 Å². The molecular weight excluding hydrogens is 396 g/mol. The number of nitrogens with one attached hydrogen (secondary N) is 2. The van der Waals surface area contributed by atoms with Crippen LogP contribution in [0.25, 0.3) is 5.70 Å². The van der Waals surface area contributed by atoms with Gasteiger partial charge in [0.2, 0.25) is 6.79 Å². The number of carbonyl (C=O) groups excluding carboxylic acids is 1. The van der Waals surface area contributed by atoms with Crippen molar-refractivity contribution in [3.05, 3.63) is 101 Å². The molecule has 3 aromatic carbocycles. The second-order valence-electron chi connectivity index (χ2n) is 6.99. The van der Waals surface area contributed by atoms with E-state index < -0.39 is 6.04 Å². The number of hydrogen-bond donors (Lipinski definition) is 2. The molecule has 3 aromatic rings. The normalized spacial score (nSPS) is 17.3. The van der Waals surface area contributed by atoms with Gasteiger partial charge in [-0.15, -0.1) is 0 Å². The molecule has 0 radical (unpaired) electrons. The standard InChI is InChI=1S/C24H18N2O3S/c27-23(16-9-5-2-6-10-16)20-21(15-7-3-1-4-8-15)25-24(30)26-22(20)17-11-12-18-19(13-17)29-14-28-18/h1-13,22H,14H2,(H2,25,26,30)/t22-/m0/s1. The highest BCUT2D eigenvalue weighted by atomic mass is 32.1. The average molecular weight is 414 g/mol. The lowest BCUT2D eigenvalue weighted by Crippen LogP contribution is -2.44. The van der Waals surface area contributed by atoms with Crippen molar-refractivity contribution in [3.63, 3.8) is 0 Å². The molecule has 2 aliphatic rings. The Balaban J connectivity index is 1.69. The van der Waals surface area contributed by atoms with Gasteiger partial charge in [-0.1, -0.05) is 66.7 Å². The zero-order valence-corrected chi connectivity index (χ0v) is 16.7. The summed E-state index contributed by atoms with van der Waals surface area (Å²) in [5.41, 5.74) is 3.68. The fraction of sp³-hybridized carbons (Fsp3) is 0.0833. The number of fused-ring (bicyclic) bond motifs is 1. The van der Waals surface area contributed by atoms with Crippen molar-refractivity contribution in [3.8, 4) is 11.5 Å². The van der Waals surface area contributed by atoms with Gasteiger partial charge in [0, 0.05) is 5.56 Å². The Morgan fingerprint density at radius 1 is 0.900 bits per heavy atom. The van der Waals surface area contributed by atoms with Crippen LogP contribution >= 0.6 is 12.2 Å². The van der Waals surface area contributed by atoms with Crippen molar-refractivity contribution in [2.45, 2.75) is 6.04 Å². The Hall–Kier alpha value is -3.64. The number of ether oxygens (including phenoxy) is 2. The predicted octanol–water partition coefficient (Wildman–Crippen LogP) is 4.23. The van der Waals surface area contributed by atoms with Crippen LogP contribution in [0.3, 0.4) is 0 Å². The number of benzene rings is 3. The molecule has 0 fully saturated rings. The first-order chi connectivity index (χ1) is 14.7. The van der Waals surface area contributed by atoms with E-state index in [1.807, 2.05) is 78.9 Å². The molecule has 0 spiro atoms.